The van der Waals surface area contributed by atoms with Gasteiger partial charge in [0.25, 0.3) is 0 Å². The predicted octanol–water partition coefficient (Wildman–Crippen LogP) is 2.04. The van der Waals surface area contributed by atoms with E-state index < -0.39 is 18.5 Å². The summed E-state index contributed by atoms with van der Waals surface area (Å²) in [6.45, 7) is 1.73. The van der Waals surface area contributed by atoms with Gasteiger partial charge in [0.1, 0.15) is 6.10 Å². The highest BCUT2D eigenvalue weighted by Crippen LogP contribution is 2.28. The second-order valence-corrected chi connectivity index (χ2v) is 6.78. The van der Waals surface area contributed by atoms with Crippen LogP contribution in [0.1, 0.15) is 50.8 Å². The summed E-state index contributed by atoms with van der Waals surface area (Å²) in [6, 6.07) is 11.8. The molecule has 1 aliphatic carbocycles. The fourth-order valence-corrected chi connectivity index (χ4v) is 3.43. The Kier molecular flexibility index (Phi) is 4.47. The molecule has 3 atom stereocenters. The molecule has 138 valence electrons. The minimum absolute atomic E-state index is 0.0265. The lowest BCUT2D eigenvalue weighted by molar-refractivity contribution is -0.216. The lowest BCUT2D eigenvalue weighted by atomic mass is 9.83. The average molecular weight is 366 g/mol. The fourth-order valence-electron chi connectivity index (χ4n) is 3.43. The SMILES string of the molecule is C[C@H]1OC(OCc2ccc3c(c2)C(=O)c2ccccc2C3=O)CC(=O)[C@@H]1O. The van der Waals surface area contributed by atoms with Crippen LogP contribution in [0.25, 0.3) is 0 Å². The molecule has 1 saturated heterocycles. The van der Waals surface area contributed by atoms with Crippen molar-refractivity contribution in [3.8, 4) is 0 Å². The summed E-state index contributed by atoms with van der Waals surface area (Å²) in [5.74, 6) is -0.679. The van der Waals surface area contributed by atoms with Gasteiger partial charge in [-0.05, 0) is 24.6 Å². The van der Waals surface area contributed by atoms with Crippen molar-refractivity contribution < 1.29 is 29.0 Å². The number of carbonyl (C=O) groups is 3. The molecule has 6 nitrogen and oxygen atoms in total. The monoisotopic (exact) mass is 366 g/mol. The maximum absolute atomic E-state index is 12.7. The molecule has 4 rings (SSSR count). The number of aliphatic hydroxyl groups is 1. The summed E-state index contributed by atoms with van der Waals surface area (Å²) >= 11 is 0. The van der Waals surface area contributed by atoms with Crippen molar-refractivity contribution in [1.29, 1.82) is 0 Å². The van der Waals surface area contributed by atoms with Gasteiger partial charge in [0, 0.05) is 22.3 Å². The van der Waals surface area contributed by atoms with Gasteiger partial charge in [0.15, 0.2) is 23.6 Å². The third-order valence-electron chi connectivity index (χ3n) is 4.93. The van der Waals surface area contributed by atoms with Crippen LogP contribution in [0.2, 0.25) is 0 Å². The van der Waals surface area contributed by atoms with Gasteiger partial charge >= 0.3 is 0 Å². The molecule has 2 aliphatic rings. The van der Waals surface area contributed by atoms with Crippen LogP contribution in [0.4, 0.5) is 0 Å². The van der Waals surface area contributed by atoms with Crippen molar-refractivity contribution in [2.75, 3.05) is 0 Å². The van der Waals surface area contributed by atoms with Crippen LogP contribution >= 0.6 is 0 Å². The van der Waals surface area contributed by atoms with Crippen molar-refractivity contribution in [2.24, 2.45) is 0 Å². The Bertz CT molecular complexity index is 947. The zero-order chi connectivity index (χ0) is 19.1. The van der Waals surface area contributed by atoms with E-state index in [1.165, 1.54) is 0 Å². The summed E-state index contributed by atoms with van der Waals surface area (Å²) in [4.78, 5) is 37.1. The van der Waals surface area contributed by atoms with Gasteiger partial charge in [-0.1, -0.05) is 30.3 Å². The molecule has 0 amide bonds. The molecular formula is C21H18O6. The van der Waals surface area contributed by atoms with Crippen LogP contribution in [0, 0.1) is 0 Å². The van der Waals surface area contributed by atoms with E-state index in [1.807, 2.05) is 0 Å². The summed E-state index contributed by atoms with van der Waals surface area (Å²) in [6.07, 6.45) is -2.53. The minimum atomic E-state index is -1.13. The number of benzene rings is 2. The molecule has 1 heterocycles. The second kappa shape index (κ2) is 6.81. The van der Waals surface area contributed by atoms with Crippen LogP contribution in [0.3, 0.4) is 0 Å². The van der Waals surface area contributed by atoms with Gasteiger partial charge in [-0.15, -0.1) is 0 Å². The number of rotatable bonds is 3. The smallest absolute Gasteiger partial charge is 0.194 e. The topological polar surface area (TPSA) is 89.9 Å². The van der Waals surface area contributed by atoms with Gasteiger partial charge in [-0.2, -0.15) is 0 Å². The van der Waals surface area contributed by atoms with Crippen molar-refractivity contribution in [3.05, 3.63) is 70.3 Å². The summed E-state index contributed by atoms with van der Waals surface area (Å²) < 4.78 is 11.1. The van der Waals surface area contributed by atoms with E-state index in [0.29, 0.717) is 27.8 Å². The molecule has 6 heteroatoms. The summed E-state index contributed by atoms with van der Waals surface area (Å²) in [5, 5.41) is 9.62. The van der Waals surface area contributed by atoms with Crippen LogP contribution in [0.15, 0.2) is 42.5 Å². The van der Waals surface area contributed by atoms with E-state index >= 15 is 0 Å². The highest BCUT2D eigenvalue weighted by molar-refractivity contribution is 6.28. The molecule has 2 aromatic carbocycles. The molecule has 27 heavy (non-hydrogen) atoms. The average Bonchev–Trinajstić information content (AvgIpc) is 2.68. The normalized spacial score (nSPS) is 24.5. The number of hydrogen-bond donors (Lipinski definition) is 1. The minimum Gasteiger partial charge on any atom is -0.383 e. The quantitative estimate of drug-likeness (QED) is 0.763. The largest absolute Gasteiger partial charge is 0.383 e. The van der Waals surface area contributed by atoms with Gasteiger partial charge < -0.3 is 14.6 Å². The molecular weight excluding hydrogens is 348 g/mol. The van der Waals surface area contributed by atoms with Gasteiger partial charge in [-0.3, -0.25) is 14.4 Å². The first kappa shape index (κ1) is 17.7. The van der Waals surface area contributed by atoms with Crippen molar-refractivity contribution in [3.63, 3.8) is 0 Å². The van der Waals surface area contributed by atoms with Crippen LogP contribution in [-0.2, 0) is 20.9 Å². The van der Waals surface area contributed by atoms with Crippen molar-refractivity contribution >= 4 is 17.3 Å². The molecule has 0 bridgehead atoms. The third kappa shape index (κ3) is 3.12. The predicted molar refractivity (Wildman–Crippen MR) is 94.5 cm³/mol. The number of aliphatic hydroxyl groups excluding tert-OH is 1. The lowest BCUT2D eigenvalue weighted by Gasteiger charge is -2.30. The second-order valence-electron chi connectivity index (χ2n) is 6.78. The van der Waals surface area contributed by atoms with Crippen LogP contribution < -0.4 is 0 Å². The first-order valence-corrected chi connectivity index (χ1v) is 8.75. The van der Waals surface area contributed by atoms with Crippen molar-refractivity contribution in [1.82, 2.24) is 0 Å². The molecule has 1 fully saturated rings. The maximum Gasteiger partial charge on any atom is 0.194 e. The number of carbonyl (C=O) groups excluding carboxylic acids is 3. The van der Waals surface area contributed by atoms with E-state index in [0.717, 1.165) is 0 Å². The van der Waals surface area contributed by atoms with E-state index in [4.69, 9.17) is 9.47 Å². The van der Waals surface area contributed by atoms with E-state index in [-0.39, 0.29) is 30.4 Å². The van der Waals surface area contributed by atoms with Gasteiger partial charge in [0.05, 0.1) is 19.1 Å². The molecule has 0 aromatic heterocycles. The molecule has 1 aliphatic heterocycles. The van der Waals surface area contributed by atoms with Crippen LogP contribution in [-0.4, -0.2) is 41.0 Å². The zero-order valence-electron chi connectivity index (χ0n) is 14.7. The Labute approximate surface area is 155 Å². The summed E-state index contributed by atoms with van der Waals surface area (Å²) in [7, 11) is 0. The maximum atomic E-state index is 12.7. The first-order chi connectivity index (χ1) is 13.0. The molecule has 1 unspecified atom stereocenters. The van der Waals surface area contributed by atoms with E-state index in [2.05, 4.69) is 0 Å². The molecule has 2 aromatic rings. The molecule has 0 saturated carbocycles. The Morgan fingerprint density at radius 3 is 2.30 bits per heavy atom. The third-order valence-corrected chi connectivity index (χ3v) is 4.93. The number of Topliss-reactive ketones (excluding diaryl/α,β-unsaturated/α-hetero) is 1. The lowest BCUT2D eigenvalue weighted by Crippen LogP contribution is -2.44. The highest BCUT2D eigenvalue weighted by atomic mass is 16.7. The van der Waals surface area contributed by atoms with Crippen molar-refractivity contribution in [2.45, 2.75) is 38.4 Å². The number of hydrogen-bond acceptors (Lipinski definition) is 6. The molecule has 1 N–H and O–H groups in total. The number of ether oxygens (including phenoxy) is 2. The molecule has 0 spiro atoms. The first-order valence-electron chi connectivity index (χ1n) is 8.75. The standard InChI is InChI=1S/C21H18O6/c1-11-19(23)17(22)9-18(27-11)26-10-12-6-7-15-16(8-12)21(25)14-5-3-2-4-13(14)20(15)24/h2-8,11,18-19,23H,9-10H2,1H3/t11-,18?,19-/m1/s1. The Morgan fingerprint density at radius 2 is 1.63 bits per heavy atom. The Hall–Kier alpha value is -2.67. The molecule has 0 radical (unpaired) electrons. The zero-order valence-corrected chi connectivity index (χ0v) is 14.7. The van der Waals surface area contributed by atoms with Gasteiger partial charge in [0.2, 0.25) is 0 Å². The van der Waals surface area contributed by atoms with E-state index in [9.17, 15) is 19.5 Å². The van der Waals surface area contributed by atoms with E-state index in [1.54, 1.807) is 49.4 Å². The summed E-state index contributed by atoms with van der Waals surface area (Å²) in [5.41, 5.74) is 2.24. The fraction of sp³-hybridized carbons (Fsp3) is 0.286. The Balaban J connectivity index is 1.53. The number of ketones is 3. The number of fused-ring (bicyclic) bond motifs is 2. The van der Waals surface area contributed by atoms with Gasteiger partial charge in [-0.25, -0.2) is 0 Å². The highest BCUT2D eigenvalue weighted by Gasteiger charge is 2.34. The van der Waals surface area contributed by atoms with Crippen LogP contribution in [0.5, 0.6) is 0 Å². The Morgan fingerprint density at radius 1 is 1.00 bits per heavy atom.